The number of para-hydroxylation sites is 2. The zero-order valence-corrected chi connectivity index (χ0v) is 22.6. The molecule has 5 aromatic rings. The molecule has 0 spiro atoms. The van der Waals surface area contributed by atoms with E-state index in [-0.39, 0.29) is 16.6 Å². The average molecular weight is 493 g/mol. The molecule has 4 heteroatoms. The molecule has 0 amide bonds. The highest BCUT2D eigenvalue weighted by Crippen LogP contribution is 2.45. The molecule has 0 fully saturated rings. The van der Waals surface area contributed by atoms with Crippen molar-refractivity contribution in [3.05, 3.63) is 90.1 Å². The van der Waals surface area contributed by atoms with Gasteiger partial charge in [-0.05, 0) is 63.9 Å². The van der Waals surface area contributed by atoms with Crippen molar-refractivity contribution in [2.24, 2.45) is 0 Å². The van der Waals surface area contributed by atoms with Gasteiger partial charge in [-0.25, -0.2) is 4.98 Å². The van der Waals surface area contributed by atoms with Gasteiger partial charge in [0.15, 0.2) is 0 Å². The first-order chi connectivity index (χ1) is 17.0. The standard InChI is InChI=1S/C32H32N2OS/c1-31(2,3)24-19-25(32(4,5)6)23(26-14-9-10-17-33-26)18-22(24)20-13-11-16-28-29(20)34-30(36-28)21-12-7-8-15-27(21)35/h7-19,35H,1-6H3. The van der Waals surface area contributed by atoms with Gasteiger partial charge >= 0.3 is 0 Å². The summed E-state index contributed by atoms with van der Waals surface area (Å²) in [5.41, 5.74) is 8.59. The van der Waals surface area contributed by atoms with E-state index >= 15 is 0 Å². The molecule has 0 saturated carbocycles. The Morgan fingerprint density at radius 1 is 0.667 bits per heavy atom. The Kier molecular flexibility index (Phi) is 5.96. The van der Waals surface area contributed by atoms with Crippen LogP contribution in [0, 0.1) is 0 Å². The molecule has 0 unspecified atom stereocenters. The zero-order chi connectivity index (χ0) is 25.7. The lowest BCUT2D eigenvalue weighted by atomic mass is 9.74. The Balaban J connectivity index is 1.82. The summed E-state index contributed by atoms with van der Waals surface area (Å²) in [4.78, 5) is 9.78. The monoisotopic (exact) mass is 492 g/mol. The third-order valence-electron chi connectivity index (χ3n) is 6.56. The van der Waals surface area contributed by atoms with E-state index in [0.717, 1.165) is 37.6 Å². The minimum Gasteiger partial charge on any atom is -0.507 e. The van der Waals surface area contributed by atoms with Gasteiger partial charge < -0.3 is 5.11 Å². The Labute approximate surface area is 217 Å². The number of thiazole rings is 1. The molecule has 3 nitrogen and oxygen atoms in total. The number of phenolic OH excluding ortho intramolecular Hbond substituents is 1. The van der Waals surface area contributed by atoms with Crippen LogP contribution in [0.1, 0.15) is 52.7 Å². The lowest BCUT2D eigenvalue weighted by molar-refractivity contribution is 0.477. The maximum atomic E-state index is 10.5. The summed E-state index contributed by atoms with van der Waals surface area (Å²) in [5.74, 6) is 0.250. The van der Waals surface area contributed by atoms with Crippen LogP contribution in [0.15, 0.2) is 79.0 Å². The SMILES string of the molecule is CC(C)(C)c1cc(C(C)(C)C)c(-c2cccc3sc(-c4ccccc4O)nc23)cc1-c1ccccn1. The molecule has 0 aliphatic rings. The molecule has 5 rings (SSSR count). The molecule has 36 heavy (non-hydrogen) atoms. The number of benzene rings is 3. The minimum atomic E-state index is -0.0727. The molecular formula is C32H32N2OS. The summed E-state index contributed by atoms with van der Waals surface area (Å²) in [5, 5.41) is 11.3. The van der Waals surface area contributed by atoms with Crippen LogP contribution in [-0.2, 0) is 10.8 Å². The minimum absolute atomic E-state index is 0.0456. The van der Waals surface area contributed by atoms with Crippen LogP contribution in [0.5, 0.6) is 5.75 Å². The highest BCUT2D eigenvalue weighted by molar-refractivity contribution is 7.21. The molecular weight excluding hydrogens is 460 g/mol. The second-order valence-corrected chi connectivity index (χ2v) is 12.4. The quantitative estimate of drug-likeness (QED) is 0.273. The number of aromatic hydroxyl groups is 1. The van der Waals surface area contributed by atoms with Crippen molar-refractivity contribution in [1.82, 2.24) is 9.97 Å². The number of pyridine rings is 1. The Bertz CT molecular complexity index is 1550. The predicted molar refractivity (Wildman–Crippen MR) is 153 cm³/mol. The lowest BCUT2D eigenvalue weighted by Crippen LogP contribution is -2.19. The first kappa shape index (κ1) is 24.2. The van der Waals surface area contributed by atoms with Gasteiger partial charge in [0.1, 0.15) is 10.8 Å². The van der Waals surface area contributed by atoms with Crippen LogP contribution in [0.4, 0.5) is 0 Å². The first-order valence-electron chi connectivity index (χ1n) is 12.3. The van der Waals surface area contributed by atoms with E-state index in [1.165, 1.54) is 16.7 Å². The van der Waals surface area contributed by atoms with E-state index in [0.29, 0.717) is 0 Å². The second kappa shape index (κ2) is 8.86. The van der Waals surface area contributed by atoms with Gasteiger partial charge in [-0.2, -0.15) is 0 Å². The molecule has 0 atom stereocenters. The van der Waals surface area contributed by atoms with Crippen molar-refractivity contribution in [2.45, 2.75) is 52.4 Å². The normalized spacial score (nSPS) is 12.3. The molecule has 0 aliphatic heterocycles. The van der Waals surface area contributed by atoms with Crippen LogP contribution in [0.25, 0.3) is 43.2 Å². The number of aromatic nitrogens is 2. The number of nitrogens with zero attached hydrogens (tertiary/aromatic N) is 2. The van der Waals surface area contributed by atoms with Crippen molar-refractivity contribution in [2.75, 3.05) is 0 Å². The molecule has 0 saturated heterocycles. The highest BCUT2D eigenvalue weighted by Gasteiger charge is 2.28. The van der Waals surface area contributed by atoms with Gasteiger partial charge in [-0.15, -0.1) is 11.3 Å². The third kappa shape index (κ3) is 4.42. The summed E-state index contributed by atoms with van der Waals surface area (Å²) in [6.07, 6.45) is 1.86. The van der Waals surface area contributed by atoms with Crippen molar-refractivity contribution < 1.29 is 5.11 Å². The second-order valence-electron chi connectivity index (χ2n) is 11.3. The van der Waals surface area contributed by atoms with Gasteiger partial charge in [0.25, 0.3) is 0 Å². The molecule has 3 aromatic carbocycles. The van der Waals surface area contributed by atoms with E-state index in [1.807, 2.05) is 36.5 Å². The van der Waals surface area contributed by atoms with Crippen LogP contribution < -0.4 is 0 Å². The fraction of sp³-hybridized carbons (Fsp3) is 0.250. The Morgan fingerprint density at radius 2 is 1.33 bits per heavy atom. The molecule has 2 aromatic heterocycles. The molecule has 182 valence electrons. The van der Waals surface area contributed by atoms with Crippen molar-refractivity contribution in [3.8, 4) is 38.7 Å². The van der Waals surface area contributed by atoms with Gasteiger partial charge in [0.05, 0.1) is 21.5 Å². The summed E-state index contributed by atoms with van der Waals surface area (Å²) in [6, 6.07) is 24.6. The topological polar surface area (TPSA) is 46.0 Å². The number of rotatable bonds is 3. The smallest absolute Gasteiger partial charge is 0.128 e. The summed E-state index contributed by atoms with van der Waals surface area (Å²) in [7, 11) is 0. The largest absolute Gasteiger partial charge is 0.507 e. The fourth-order valence-corrected chi connectivity index (χ4v) is 5.76. The predicted octanol–water partition coefficient (Wildman–Crippen LogP) is 8.99. The lowest BCUT2D eigenvalue weighted by Gasteiger charge is -2.30. The summed E-state index contributed by atoms with van der Waals surface area (Å²) >= 11 is 1.61. The van der Waals surface area contributed by atoms with Gasteiger partial charge in [0, 0.05) is 17.3 Å². The molecule has 0 bridgehead atoms. The fourth-order valence-electron chi connectivity index (χ4n) is 4.73. The van der Waals surface area contributed by atoms with Gasteiger partial charge in [-0.3, -0.25) is 4.98 Å². The summed E-state index contributed by atoms with van der Waals surface area (Å²) in [6.45, 7) is 13.6. The van der Waals surface area contributed by atoms with Crippen molar-refractivity contribution in [1.29, 1.82) is 0 Å². The molecule has 0 aliphatic carbocycles. The van der Waals surface area contributed by atoms with E-state index in [2.05, 4.69) is 77.9 Å². The summed E-state index contributed by atoms with van der Waals surface area (Å²) < 4.78 is 1.10. The zero-order valence-electron chi connectivity index (χ0n) is 21.8. The average Bonchev–Trinajstić information content (AvgIpc) is 3.27. The number of phenols is 1. The van der Waals surface area contributed by atoms with Gasteiger partial charge in [0.2, 0.25) is 0 Å². The van der Waals surface area contributed by atoms with E-state index < -0.39 is 0 Å². The number of hydrogen-bond acceptors (Lipinski definition) is 4. The number of fused-ring (bicyclic) bond motifs is 1. The maximum absolute atomic E-state index is 10.5. The molecule has 0 radical (unpaired) electrons. The van der Waals surface area contributed by atoms with E-state index in [1.54, 1.807) is 17.4 Å². The Hall–Kier alpha value is -3.50. The van der Waals surface area contributed by atoms with Crippen molar-refractivity contribution in [3.63, 3.8) is 0 Å². The van der Waals surface area contributed by atoms with E-state index in [9.17, 15) is 5.11 Å². The maximum Gasteiger partial charge on any atom is 0.128 e. The first-order valence-corrected chi connectivity index (χ1v) is 13.1. The van der Waals surface area contributed by atoms with Crippen LogP contribution in [0.3, 0.4) is 0 Å². The van der Waals surface area contributed by atoms with E-state index in [4.69, 9.17) is 9.97 Å². The van der Waals surface area contributed by atoms with Crippen LogP contribution in [0.2, 0.25) is 0 Å². The number of hydrogen-bond donors (Lipinski definition) is 1. The van der Waals surface area contributed by atoms with Crippen molar-refractivity contribution >= 4 is 21.6 Å². The van der Waals surface area contributed by atoms with Gasteiger partial charge in [-0.1, -0.05) is 77.9 Å². The third-order valence-corrected chi connectivity index (χ3v) is 7.61. The highest BCUT2D eigenvalue weighted by atomic mass is 32.1. The molecule has 1 N–H and O–H groups in total. The van der Waals surface area contributed by atoms with Crippen LogP contribution in [-0.4, -0.2) is 15.1 Å². The van der Waals surface area contributed by atoms with Crippen LogP contribution >= 0.6 is 11.3 Å². The molecule has 2 heterocycles. The Morgan fingerprint density at radius 3 is 2.00 bits per heavy atom.